The minimum Gasteiger partial charge on any atom is -0.326 e. The second-order valence-electron chi connectivity index (χ2n) is 4.61. The van der Waals surface area contributed by atoms with Gasteiger partial charge in [-0.05, 0) is 24.5 Å². The Bertz CT molecular complexity index is 515. The number of amides is 1. The Morgan fingerprint density at radius 1 is 1.50 bits per heavy atom. The number of aryl methyl sites for hydroxylation is 2. The maximum absolute atomic E-state index is 12.0. The third-order valence-electron chi connectivity index (χ3n) is 3.12. The number of rotatable bonds is 5. The molecule has 0 radical (unpaired) electrons. The molecular formula is C15H20N2OS2. The van der Waals surface area contributed by atoms with Crippen molar-refractivity contribution in [3.63, 3.8) is 0 Å². The topological polar surface area (TPSA) is 41.5 Å². The number of carbonyl (C=O) groups is 1. The number of benzene rings is 1. The first-order valence-corrected chi connectivity index (χ1v) is 8.86. The van der Waals surface area contributed by atoms with Crippen LogP contribution in [0.5, 0.6) is 0 Å². The zero-order valence-electron chi connectivity index (χ0n) is 11.9. The lowest BCUT2D eigenvalue weighted by molar-refractivity contribution is -0.115. The summed E-state index contributed by atoms with van der Waals surface area (Å²) in [5.41, 5.74) is 3.31. The summed E-state index contributed by atoms with van der Waals surface area (Å²) in [6, 6.07) is 6.14. The van der Waals surface area contributed by atoms with Crippen LogP contribution in [-0.2, 0) is 11.2 Å². The number of aliphatic imine (C=N–C) groups is 1. The van der Waals surface area contributed by atoms with E-state index >= 15 is 0 Å². The molecule has 1 N–H and O–H groups in total. The molecule has 2 rings (SSSR count). The molecule has 1 aromatic rings. The number of anilines is 1. The van der Waals surface area contributed by atoms with Gasteiger partial charge in [0, 0.05) is 23.6 Å². The molecule has 0 saturated heterocycles. The van der Waals surface area contributed by atoms with Crippen LogP contribution in [-0.4, -0.2) is 28.3 Å². The van der Waals surface area contributed by atoms with E-state index in [-0.39, 0.29) is 5.91 Å². The first-order chi connectivity index (χ1) is 9.70. The van der Waals surface area contributed by atoms with Crippen molar-refractivity contribution in [2.45, 2.75) is 26.7 Å². The SMILES string of the molecule is CCc1cccc(C)c1NC(=O)CCSC1=NCCS1. The molecule has 0 aliphatic carbocycles. The van der Waals surface area contributed by atoms with Gasteiger partial charge in [-0.2, -0.15) is 0 Å². The lowest BCUT2D eigenvalue weighted by atomic mass is 10.1. The predicted octanol–water partition coefficient (Wildman–Crippen LogP) is 3.72. The summed E-state index contributed by atoms with van der Waals surface area (Å²) in [6.07, 6.45) is 1.46. The van der Waals surface area contributed by atoms with Crippen molar-refractivity contribution in [3.8, 4) is 0 Å². The average molecular weight is 308 g/mol. The van der Waals surface area contributed by atoms with E-state index in [0.29, 0.717) is 6.42 Å². The Morgan fingerprint density at radius 2 is 2.35 bits per heavy atom. The second kappa shape index (κ2) is 7.74. The molecule has 0 atom stereocenters. The molecule has 0 fully saturated rings. The summed E-state index contributed by atoms with van der Waals surface area (Å²) in [4.78, 5) is 16.4. The second-order valence-corrected chi connectivity index (χ2v) is 7.03. The van der Waals surface area contributed by atoms with E-state index < -0.39 is 0 Å². The molecule has 3 nitrogen and oxygen atoms in total. The van der Waals surface area contributed by atoms with Gasteiger partial charge in [-0.25, -0.2) is 0 Å². The molecule has 5 heteroatoms. The molecule has 1 amide bonds. The molecule has 1 aliphatic heterocycles. The molecule has 0 aromatic heterocycles. The highest BCUT2D eigenvalue weighted by atomic mass is 32.2. The van der Waals surface area contributed by atoms with Gasteiger partial charge in [0.15, 0.2) is 0 Å². The Hall–Kier alpha value is -0.940. The van der Waals surface area contributed by atoms with Gasteiger partial charge in [-0.3, -0.25) is 9.79 Å². The highest BCUT2D eigenvalue weighted by Crippen LogP contribution is 2.24. The van der Waals surface area contributed by atoms with Gasteiger partial charge in [-0.1, -0.05) is 48.6 Å². The molecule has 0 bridgehead atoms. The fourth-order valence-corrected chi connectivity index (χ4v) is 4.06. The first-order valence-electron chi connectivity index (χ1n) is 6.89. The lowest BCUT2D eigenvalue weighted by Crippen LogP contribution is -2.14. The molecule has 1 heterocycles. The third-order valence-corrected chi connectivity index (χ3v) is 5.37. The lowest BCUT2D eigenvalue weighted by Gasteiger charge is -2.12. The van der Waals surface area contributed by atoms with Crippen LogP contribution in [0.25, 0.3) is 0 Å². The maximum Gasteiger partial charge on any atom is 0.225 e. The zero-order valence-corrected chi connectivity index (χ0v) is 13.6. The highest BCUT2D eigenvalue weighted by molar-refractivity contribution is 8.39. The number of carbonyl (C=O) groups excluding carboxylic acids is 1. The smallest absolute Gasteiger partial charge is 0.225 e. The van der Waals surface area contributed by atoms with Crippen molar-refractivity contribution < 1.29 is 4.79 Å². The summed E-state index contributed by atoms with van der Waals surface area (Å²) in [5.74, 6) is 1.97. The average Bonchev–Trinajstić information content (AvgIpc) is 2.94. The number of hydrogen-bond donors (Lipinski definition) is 1. The fourth-order valence-electron chi connectivity index (χ4n) is 2.04. The monoisotopic (exact) mass is 308 g/mol. The van der Waals surface area contributed by atoms with Crippen molar-refractivity contribution in [1.82, 2.24) is 0 Å². The van der Waals surface area contributed by atoms with Gasteiger partial charge in [0.1, 0.15) is 4.38 Å². The largest absolute Gasteiger partial charge is 0.326 e. The molecule has 20 heavy (non-hydrogen) atoms. The molecule has 1 aliphatic rings. The molecule has 108 valence electrons. The van der Waals surface area contributed by atoms with Crippen LogP contribution in [0.3, 0.4) is 0 Å². The molecule has 0 unspecified atom stereocenters. The van der Waals surface area contributed by atoms with Gasteiger partial charge in [-0.15, -0.1) is 0 Å². The number of para-hydroxylation sites is 1. The van der Waals surface area contributed by atoms with Crippen LogP contribution in [0, 0.1) is 6.92 Å². The van der Waals surface area contributed by atoms with Gasteiger partial charge in [0.05, 0.1) is 6.54 Å². The molecule has 0 saturated carbocycles. The molecule has 0 spiro atoms. The summed E-state index contributed by atoms with van der Waals surface area (Å²) in [7, 11) is 0. The quantitative estimate of drug-likeness (QED) is 0.901. The standard InChI is InChI=1S/C15H20N2OS2/c1-3-12-6-4-5-11(2)14(12)17-13(18)7-9-19-15-16-8-10-20-15/h4-6H,3,7-10H2,1-2H3,(H,17,18). The molecular weight excluding hydrogens is 288 g/mol. The van der Waals surface area contributed by atoms with E-state index in [4.69, 9.17) is 0 Å². The molecule has 1 aromatic carbocycles. The van der Waals surface area contributed by atoms with Gasteiger partial charge in [0.2, 0.25) is 5.91 Å². The third kappa shape index (κ3) is 4.28. The van der Waals surface area contributed by atoms with E-state index in [1.807, 2.05) is 19.1 Å². The van der Waals surface area contributed by atoms with Crippen molar-refractivity contribution in [3.05, 3.63) is 29.3 Å². The summed E-state index contributed by atoms with van der Waals surface area (Å²) in [5, 5.41) is 3.06. The van der Waals surface area contributed by atoms with E-state index in [1.54, 1.807) is 23.5 Å². The van der Waals surface area contributed by atoms with Crippen LogP contribution in [0.1, 0.15) is 24.5 Å². The zero-order chi connectivity index (χ0) is 14.4. The minimum atomic E-state index is 0.0881. The number of hydrogen-bond acceptors (Lipinski definition) is 4. The summed E-state index contributed by atoms with van der Waals surface area (Å²) < 4.78 is 1.13. The van der Waals surface area contributed by atoms with E-state index in [0.717, 1.165) is 40.1 Å². The normalized spacial score (nSPS) is 14.2. The fraction of sp³-hybridized carbons (Fsp3) is 0.467. The van der Waals surface area contributed by atoms with Crippen molar-refractivity contribution in [2.24, 2.45) is 4.99 Å². The van der Waals surface area contributed by atoms with Crippen molar-refractivity contribution in [1.29, 1.82) is 0 Å². The Labute approximate surface area is 129 Å². The first kappa shape index (κ1) is 15.4. The highest BCUT2D eigenvalue weighted by Gasteiger charge is 2.11. The van der Waals surface area contributed by atoms with Crippen LogP contribution in [0.4, 0.5) is 5.69 Å². The van der Waals surface area contributed by atoms with E-state index in [1.165, 1.54) is 5.56 Å². The van der Waals surface area contributed by atoms with Gasteiger partial charge < -0.3 is 5.32 Å². The van der Waals surface area contributed by atoms with E-state index in [2.05, 4.69) is 23.3 Å². The maximum atomic E-state index is 12.0. The minimum absolute atomic E-state index is 0.0881. The number of nitrogens with one attached hydrogen (secondary N) is 1. The van der Waals surface area contributed by atoms with Crippen LogP contribution in [0.2, 0.25) is 0 Å². The summed E-state index contributed by atoms with van der Waals surface area (Å²) in [6.45, 7) is 5.06. The van der Waals surface area contributed by atoms with Gasteiger partial charge in [0.25, 0.3) is 0 Å². The summed E-state index contributed by atoms with van der Waals surface area (Å²) >= 11 is 3.48. The Morgan fingerprint density at radius 3 is 3.05 bits per heavy atom. The van der Waals surface area contributed by atoms with Crippen LogP contribution >= 0.6 is 23.5 Å². The number of thioether (sulfide) groups is 2. The van der Waals surface area contributed by atoms with Crippen LogP contribution in [0.15, 0.2) is 23.2 Å². The Balaban J connectivity index is 1.85. The van der Waals surface area contributed by atoms with Crippen LogP contribution < -0.4 is 5.32 Å². The predicted molar refractivity (Wildman–Crippen MR) is 91.0 cm³/mol. The Kier molecular flexibility index (Phi) is 5.98. The van der Waals surface area contributed by atoms with Crippen molar-refractivity contribution in [2.75, 3.05) is 23.4 Å². The van der Waals surface area contributed by atoms with E-state index in [9.17, 15) is 4.79 Å². The van der Waals surface area contributed by atoms with Gasteiger partial charge >= 0.3 is 0 Å². The number of nitrogens with zero attached hydrogens (tertiary/aromatic N) is 1. The van der Waals surface area contributed by atoms with Crippen molar-refractivity contribution >= 4 is 39.5 Å².